The summed E-state index contributed by atoms with van der Waals surface area (Å²) in [5.74, 6) is -0.808. The van der Waals surface area contributed by atoms with Crippen molar-refractivity contribution in [1.29, 1.82) is 0 Å². The number of carbonyl (C=O) groups is 1. The predicted molar refractivity (Wildman–Crippen MR) is 111 cm³/mol. The van der Waals surface area contributed by atoms with Crippen LogP contribution in [-0.2, 0) is 0 Å². The van der Waals surface area contributed by atoms with Gasteiger partial charge in [0.25, 0.3) is 0 Å². The second-order valence-electron chi connectivity index (χ2n) is 7.87. The normalized spacial score (nSPS) is 14.8. The van der Waals surface area contributed by atoms with Gasteiger partial charge in [-0.3, -0.25) is 0 Å². The van der Waals surface area contributed by atoms with Crippen molar-refractivity contribution in [1.82, 2.24) is 14.8 Å². The molecule has 146 valence electrons. The minimum absolute atomic E-state index is 0.0668. The van der Waals surface area contributed by atoms with Crippen molar-refractivity contribution in [3.05, 3.63) is 47.3 Å². The van der Waals surface area contributed by atoms with Gasteiger partial charge in [0.1, 0.15) is 0 Å². The predicted octanol–water partition coefficient (Wildman–Crippen LogP) is 4.54. The molecule has 1 fully saturated rings. The molecule has 1 N–H and O–H groups in total. The number of fused-ring (bicyclic) bond motifs is 1. The Morgan fingerprint density at radius 2 is 1.89 bits per heavy atom. The molecule has 0 amide bonds. The largest absolute Gasteiger partial charge is 0.477 e. The van der Waals surface area contributed by atoms with Gasteiger partial charge in [0, 0.05) is 13.1 Å². The first-order chi connectivity index (χ1) is 13.5. The van der Waals surface area contributed by atoms with Gasteiger partial charge in [-0.25, -0.2) is 14.5 Å². The highest BCUT2D eigenvalue weighted by atomic mass is 16.4. The number of hydrogen-bond acceptors (Lipinski definition) is 4. The fourth-order valence-electron chi connectivity index (χ4n) is 3.96. The number of aromatic carboxylic acids is 1. The second kappa shape index (κ2) is 7.26. The Morgan fingerprint density at radius 1 is 1.14 bits per heavy atom. The van der Waals surface area contributed by atoms with Gasteiger partial charge >= 0.3 is 5.97 Å². The second-order valence-corrected chi connectivity index (χ2v) is 7.87. The lowest BCUT2D eigenvalue weighted by Crippen LogP contribution is -2.30. The zero-order valence-corrected chi connectivity index (χ0v) is 16.6. The number of hydrogen-bond donors (Lipinski definition) is 1. The van der Waals surface area contributed by atoms with Gasteiger partial charge in [0.15, 0.2) is 11.3 Å². The van der Waals surface area contributed by atoms with Gasteiger partial charge in [0.2, 0.25) is 0 Å². The van der Waals surface area contributed by atoms with Gasteiger partial charge in [-0.15, -0.1) is 0 Å². The van der Waals surface area contributed by atoms with E-state index < -0.39 is 5.97 Å². The Morgan fingerprint density at radius 3 is 2.54 bits per heavy atom. The highest BCUT2D eigenvalue weighted by Gasteiger charge is 2.25. The van der Waals surface area contributed by atoms with E-state index in [1.165, 1.54) is 6.42 Å². The molecule has 2 aromatic heterocycles. The standard InChI is InChI=1S/C22H26N4O2/c1-14(2)20-19-18(25-10-5-4-6-11-25)13-17(22(27)28)23-21(19)26(24-20)16-9-7-8-15(3)12-16/h7-9,12-14H,4-6,10-11H2,1-3H3,(H,27,28). The van der Waals surface area contributed by atoms with E-state index in [-0.39, 0.29) is 11.6 Å². The van der Waals surface area contributed by atoms with Crippen molar-refractivity contribution in [3.63, 3.8) is 0 Å². The number of aromatic nitrogens is 3. The molecule has 1 saturated heterocycles. The number of carboxylic acid groups (broad SMARTS) is 1. The van der Waals surface area contributed by atoms with E-state index in [0.717, 1.165) is 53.9 Å². The maximum Gasteiger partial charge on any atom is 0.354 e. The molecule has 1 aliphatic heterocycles. The number of pyridine rings is 1. The number of rotatable bonds is 4. The Bertz CT molecular complexity index is 1030. The van der Waals surface area contributed by atoms with Gasteiger partial charge < -0.3 is 10.0 Å². The van der Waals surface area contributed by atoms with Crippen LogP contribution in [0.3, 0.4) is 0 Å². The number of piperidine rings is 1. The van der Waals surface area contributed by atoms with E-state index in [4.69, 9.17) is 5.10 Å². The minimum Gasteiger partial charge on any atom is -0.477 e. The van der Waals surface area contributed by atoms with Crippen LogP contribution in [-0.4, -0.2) is 38.9 Å². The maximum absolute atomic E-state index is 11.8. The van der Waals surface area contributed by atoms with Crippen LogP contribution in [0.4, 0.5) is 5.69 Å². The van der Waals surface area contributed by atoms with Crippen molar-refractivity contribution in [2.75, 3.05) is 18.0 Å². The number of nitrogens with zero attached hydrogens (tertiary/aromatic N) is 4. The summed E-state index contributed by atoms with van der Waals surface area (Å²) < 4.78 is 1.80. The quantitative estimate of drug-likeness (QED) is 0.722. The summed E-state index contributed by atoms with van der Waals surface area (Å²) in [6.07, 6.45) is 3.46. The molecule has 0 unspecified atom stereocenters. The monoisotopic (exact) mass is 378 g/mol. The zero-order chi connectivity index (χ0) is 19.8. The van der Waals surface area contributed by atoms with Crippen LogP contribution in [0.1, 0.15) is 60.8 Å². The molecule has 28 heavy (non-hydrogen) atoms. The third-order valence-corrected chi connectivity index (χ3v) is 5.35. The van der Waals surface area contributed by atoms with E-state index in [1.54, 1.807) is 10.7 Å². The molecular formula is C22H26N4O2. The Labute approximate surface area is 164 Å². The number of aryl methyl sites for hydroxylation is 1. The molecule has 3 heterocycles. The first kappa shape index (κ1) is 18.5. The van der Waals surface area contributed by atoms with Crippen molar-refractivity contribution >= 4 is 22.7 Å². The molecule has 0 atom stereocenters. The van der Waals surface area contributed by atoms with Crippen LogP contribution in [0.5, 0.6) is 0 Å². The van der Waals surface area contributed by atoms with E-state index in [0.29, 0.717) is 5.65 Å². The van der Waals surface area contributed by atoms with E-state index in [1.807, 2.05) is 31.2 Å². The minimum atomic E-state index is -1.01. The van der Waals surface area contributed by atoms with Crippen LogP contribution < -0.4 is 4.90 Å². The summed E-state index contributed by atoms with van der Waals surface area (Å²) in [6.45, 7) is 8.14. The maximum atomic E-state index is 11.8. The van der Waals surface area contributed by atoms with Gasteiger partial charge in [-0.2, -0.15) is 5.10 Å². The summed E-state index contributed by atoms with van der Waals surface area (Å²) in [5, 5.41) is 15.5. The Kier molecular flexibility index (Phi) is 4.79. The number of anilines is 1. The average molecular weight is 378 g/mol. The van der Waals surface area contributed by atoms with E-state index in [2.05, 4.69) is 23.7 Å². The fourth-order valence-corrected chi connectivity index (χ4v) is 3.96. The third kappa shape index (κ3) is 3.23. The van der Waals surface area contributed by atoms with Crippen molar-refractivity contribution < 1.29 is 9.90 Å². The van der Waals surface area contributed by atoms with Crippen LogP contribution in [0.25, 0.3) is 16.7 Å². The topological polar surface area (TPSA) is 71.2 Å². The zero-order valence-electron chi connectivity index (χ0n) is 16.6. The van der Waals surface area contributed by atoms with Gasteiger partial charge in [-0.1, -0.05) is 26.0 Å². The summed E-state index contributed by atoms with van der Waals surface area (Å²) in [4.78, 5) is 18.6. The van der Waals surface area contributed by atoms with Crippen molar-refractivity contribution in [3.8, 4) is 5.69 Å². The molecular weight excluding hydrogens is 352 g/mol. The molecule has 6 heteroatoms. The molecule has 0 bridgehead atoms. The third-order valence-electron chi connectivity index (χ3n) is 5.35. The molecule has 0 radical (unpaired) electrons. The molecule has 3 aromatic rings. The average Bonchev–Trinajstić information content (AvgIpc) is 3.08. The van der Waals surface area contributed by atoms with Crippen LogP contribution >= 0.6 is 0 Å². The SMILES string of the molecule is Cc1cccc(-n2nc(C(C)C)c3c(N4CCCCC4)cc(C(=O)O)nc32)c1. The lowest BCUT2D eigenvalue weighted by Gasteiger charge is -2.29. The lowest BCUT2D eigenvalue weighted by molar-refractivity contribution is 0.0691. The molecule has 6 nitrogen and oxygen atoms in total. The highest BCUT2D eigenvalue weighted by Crippen LogP contribution is 2.36. The van der Waals surface area contributed by atoms with Gasteiger partial charge in [0.05, 0.1) is 22.5 Å². The molecule has 0 saturated carbocycles. The van der Waals surface area contributed by atoms with Crippen molar-refractivity contribution in [2.45, 2.75) is 46.0 Å². The Hall–Kier alpha value is -2.89. The molecule has 4 rings (SSSR count). The number of benzene rings is 1. The lowest BCUT2D eigenvalue weighted by atomic mass is 10.0. The van der Waals surface area contributed by atoms with Gasteiger partial charge in [-0.05, 0) is 55.9 Å². The van der Waals surface area contributed by atoms with Crippen LogP contribution in [0.15, 0.2) is 30.3 Å². The molecule has 0 spiro atoms. The Balaban J connectivity index is 2.04. The molecule has 1 aliphatic rings. The van der Waals surface area contributed by atoms with Crippen LogP contribution in [0.2, 0.25) is 0 Å². The van der Waals surface area contributed by atoms with Crippen molar-refractivity contribution in [2.24, 2.45) is 0 Å². The fraction of sp³-hybridized carbons (Fsp3) is 0.409. The first-order valence-electron chi connectivity index (χ1n) is 9.94. The van der Waals surface area contributed by atoms with Crippen LogP contribution in [0, 0.1) is 6.92 Å². The summed E-state index contributed by atoms with van der Waals surface area (Å²) >= 11 is 0. The van der Waals surface area contributed by atoms with E-state index >= 15 is 0 Å². The molecule has 0 aliphatic carbocycles. The summed E-state index contributed by atoms with van der Waals surface area (Å²) in [5.41, 5.74) is 4.62. The summed E-state index contributed by atoms with van der Waals surface area (Å²) in [7, 11) is 0. The molecule has 1 aromatic carbocycles. The summed E-state index contributed by atoms with van der Waals surface area (Å²) in [6, 6.07) is 9.78. The number of carboxylic acids is 1. The first-order valence-corrected chi connectivity index (χ1v) is 9.94. The highest BCUT2D eigenvalue weighted by molar-refractivity contribution is 5.98. The van der Waals surface area contributed by atoms with E-state index in [9.17, 15) is 9.90 Å². The smallest absolute Gasteiger partial charge is 0.354 e.